The van der Waals surface area contributed by atoms with Gasteiger partial charge in [0.15, 0.2) is 0 Å². The van der Waals surface area contributed by atoms with Crippen LogP contribution in [0.15, 0.2) is 24.3 Å². The lowest BCUT2D eigenvalue weighted by atomic mass is 9.66. The molecule has 22 heavy (non-hydrogen) atoms. The Morgan fingerprint density at radius 2 is 1.32 bits per heavy atom. The van der Waals surface area contributed by atoms with E-state index in [-0.39, 0.29) is 5.41 Å². The molecule has 0 spiro atoms. The van der Waals surface area contributed by atoms with Gasteiger partial charge in [0.05, 0.1) is 0 Å². The van der Waals surface area contributed by atoms with Gasteiger partial charge in [-0.1, -0.05) is 43.5 Å². The molecule has 120 valence electrons. The Bertz CT molecular complexity index is 462. The van der Waals surface area contributed by atoms with Crippen LogP contribution in [-0.2, 0) is 10.8 Å². The molecule has 2 heteroatoms. The predicted molar refractivity (Wildman–Crippen MR) is 92.2 cm³/mol. The van der Waals surface area contributed by atoms with E-state index < -0.39 is 0 Å². The third-order valence-corrected chi connectivity index (χ3v) is 7.03. The largest absolute Gasteiger partial charge is 0.330 e. The zero-order valence-corrected chi connectivity index (χ0v) is 13.8. The van der Waals surface area contributed by atoms with E-state index in [1.54, 1.807) is 5.56 Å². The molecule has 4 fully saturated rings. The molecule has 1 aromatic carbocycles. The summed E-state index contributed by atoms with van der Waals surface area (Å²) in [5, 5.41) is 0. The first kappa shape index (κ1) is 14.7. The van der Waals surface area contributed by atoms with Gasteiger partial charge in [0, 0.05) is 12.0 Å². The summed E-state index contributed by atoms with van der Waals surface area (Å²) in [6.45, 7) is 4.71. The Balaban J connectivity index is 1.60. The summed E-state index contributed by atoms with van der Waals surface area (Å²) in [5.74, 6) is 0. The van der Waals surface area contributed by atoms with Crippen LogP contribution in [0.25, 0.3) is 0 Å². The van der Waals surface area contributed by atoms with Gasteiger partial charge in [0.2, 0.25) is 0 Å². The Morgan fingerprint density at radius 1 is 0.773 bits per heavy atom. The van der Waals surface area contributed by atoms with E-state index in [4.69, 9.17) is 5.73 Å². The lowest BCUT2D eigenvalue weighted by Gasteiger charge is -2.49. The molecule has 3 heterocycles. The number of rotatable bonds is 3. The lowest BCUT2D eigenvalue weighted by Crippen LogP contribution is -2.50. The Labute approximate surface area is 135 Å². The van der Waals surface area contributed by atoms with Crippen LogP contribution in [0.1, 0.15) is 62.5 Å². The monoisotopic (exact) mass is 298 g/mol. The van der Waals surface area contributed by atoms with Gasteiger partial charge in [-0.25, -0.2) is 0 Å². The zero-order chi connectivity index (χ0) is 15.0. The molecule has 3 saturated heterocycles. The van der Waals surface area contributed by atoms with E-state index in [9.17, 15) is 0 Å². The summed E-state index contributed by atoms with van der Waals surface area (Å²) in [5.41, 5.74) is 10.1. The third-order valence-electron chi connectivity index (χ3n) is 7.03. The van der Waals surface area contributed by atoms with E-state index >= 15 is 0 Å². The van der Waals surface area contributed by atoms with E-state index in [0.717, 1.165) is 6.54 Å². The van der Waals surface area contributed by atoms with Gasteiger partial charge in [-0.15, -0.1) is 0 Å². The second kappa shape index (κ2) is 5.65. The minimum atomic E-state index is 0.268. The van der Waals surface area contributed by atoms with Gasteiger partial charge in [-0.2, -0.15) is 0 Å². The van der Waals surface area contributed by atoms with E-state index in [0.29, 0.717) is 5.41 Å². The first-order valence-corrected chi connectivity index (χ1v) is 9.30. The molecule has 0 aromatic heterocycles. The summed E-state index contributed by atoms with van der Waals surface area (Å²) >= 11 is 0. The van der Waals surface area contributed by atoms with E-state index in [2.05, 4.69) is 29.2 Å². The van der Waals surface area contributed by atoms with Crippen molar-refractivity contribution in [1.29, 1.82) is 0 Å². The number of piperidine rings is 3. The summed E-state index contributed by atoms with van der Waals surface area (Å²) in [6, 6.07) is 9.73. The molecule has 0 amide bonds. The summed E-state index contributed by atoms with van der Waals surface area (Å²) < 4.78 is 0. The van der Waals surface area contributed by atoms with Crippen molar-refractivity contribution in [3.8, 4) is 0 Å². The quantitative estimate of drug-likeness (QED) is 0.924. The van der Waals surface area contributed by atoms with Crippen LogP contribution in [-0.4, -0.2) is 31.1 Å². The predicted octanol–water partition coefficient (Wildman–Crippen LogP) is 3.58. The molecule has 3 aliphatic heterocycles. The molecule has 0 radical (unpaired) electrons. The molecule has 1 saturated carbocycles. The van der Waals surface area contributed by atoms with Crippen LogP contribution in [0.5, 0.6) is 0 Å². The topological polar surface area (TPSA) is 29.3 Å². The van der Waals surface area contributed by atoms with E-state index in [1.807, 2.05) is 0 Å². The molecular formula is C20H30N2. The average molecular weight is 298 g/mol. The first-order valence-electron chi connectivity index (χ1n) is 9.30. The third kappa shape index (κ3) is 2.32. The van der Waals surface area contributed by atoms with Crippen LogP contribution in [0.3, 0.4) is 0 Å². The molecular weight excluding hydrogens is 268 g/mol. The van der Waals surface area contributed by atoms with Gasteiger partial charge >= 0.3 is 0 Å². The fourth-order valence-electron chi connectivity index (χ4n) is 5.28. The van der Waals surface area contributed by atoms with Crippen LogP contribution in [0.4, 0.5) is 0 Å². The maximum absolute atomic E-state index is 6.20. The van der Waals surface area contributed by atoms with Crippen molar-refractivity contribution in [2.75, 3.05) is 26.2 Å². The van der Waals surface area contributed by atoms with Crippen molar-refractivity contribution in [2.45, 2.75) is 62.2 Å². The van der Waals surface area contributed by atoms with Gasteiger partial charge in [-0.3, -0.25) is 0 Å². The van der Waals surface area contributed by atoms with Gasteiger partial charge in [-0.05, 0) is 68.3 Å². The molecule has 4 aliphatic rings. The van der Waals surface area contributed by atoms with Gasteiger partial charge in [0.25, 0.3) is 0 Å². The summed E-state index contributed by atoms with van der Waals surface area (Å²) in [7, 11) is 0. The lowest BCUT2D eigenvalue weighted by molar-refractivity contribution is 0.0817. The van der Waals surface area contributed by atoms with Crippen molar-refractivity contribution in [3.63, 3.8) is 0 Å². The van der Waals surface area contributed by atoms with Crippen LogP contribution in [0, 0.1) is 0 Å². The van der Waals surface area contributed by atoms with Crippen LogP contribution in [0.2, 0.25) is 0 Å². The molecule has 5 rings (SSSR count). The normalized spacial score (nSPS) is 33.8. The van der Waals surface area contributed by atoms with Gasteiger partial charge in [0.1, 0.15) is 0 Å². The smallest absolute Gasteiger partial charge is 0.00755 e. The standard InChI is InChI=1S/C20H30N2/c21-16-20(8-2-1-3-9-20)18-6-4-17(5-7-18)19-10-13-22(14-11-19)15-12-19/h4-7H,1-3,8-16,21H2. The van der Waals surface area contributed by atoms with E-state index in [1.165, 1.54) is 76.6 Å². The number of nitrogens with zero attached hydrogens (tertiary/aromatic N) is 1. The number of hydrogen-bond acceptors (Lipinski definition) is 2. The Hall–Kier alpha value is -0.860. The highest BCUT2D eigenvalue weighted by Gasteiger charge is 2.41. The summed E-state index contributed by atoms with van der Waals surface area (Å²) in [4.78, 5) is 2.63. The molecule has 0 atom stereocenters. The zero-order valence-electron chi connectivity index (χ0n) is 13.8. The summed E-state index contributed by atoms with van der Waals surface area (Å²) in [6.07, 6.45) is 10.7. The number of hydrogen-bond donors (Lipinski definition) is 1. The van der Waals surface area contributed by atoms with Crippen LogP contribution >= 0.6 is 0 Å². The van der Waals surface area contributed by atoms with Gasteiger partial charge < -0.3 is 10.6 Å². The molecule has 1 aromatic rings. The second-order valence-electron chi connectivity index (χ2n) is 7.99. The van der Waals surface area contributed by atoms with Crippen molar-refractivity contribution >= 4 is 0 Å². The number of benzene rings is 1. The molecule has 2 nitrogen and oxygen atoms in total. The highest BCUT2D eigenvalue weighted by molar-refractivity contribution is 5.35. The molecule has 2 bridgehead atoms. The minimum absolute atomic E-state index is 0.268. The second-order valence-corrected chi connectivity index (χ2v) is 7.99. The Morgan fingerprint density at radius 3 is 1.86 bits per heavy atom. The first-order chi connectivity index (χ1) is 10.8. The van der Waals surface area contributed by atoms with Crippen molar-refractivity contribution in [1.82, 2.24) is 4.90 Å². The maximum Gasteiger partial charge on any atom is 0.00755 e. The van der Waals surface area contributed by atoms with Crippen molar-refractivity contribution < 1.29 is 0 Å². The molecule has 2 N–H and O–H groups in total. The molecule has 1 aliphatic carbocycles. The Kier molecular flexibility index (Phi) is 3.78. The SMILES string of the molecule is NCC1(c2ccc(C34CCN(CC3)CC4)cc2)CCCCC1. The molecule has 0 unspecified atom stereocenters. The van der Waals surface area contributed by atoms with Crippen molar-refractivity contribution in [3.05, 3.63) is 35.4 Å². The highest BCUT2D eigenvalue weighted by atomic mass is 15.1. The minimum Gasteiger partial charge on any atom is -0.330 e. The van der Waals surface area contributed by atoms with Crippen LogP contribution < -0.4 is 5.73 Å². The number of nitrogens with two attached hydrogens (primary N) is 1. The fraction of sp³-hybridized carbons (Fsp3) is 0.700. The fourth-order valence-corrected chi connectivity index (χ4v) is 5.28. The van der Waals surface area contributed by atoms with Crippen molar-refractivity contribution in [2.24, 2.45) is 5.73 Å². The highest BCUT2D eigenvalue weighted by Crippen LogP contribution is 2.44. The number of fused-ring (bicyclic) bond motifs is 3. The maximum atomic E-state index is 6.20. The average Bonchev–Trinajstić information content (AvgIpc) is 2.64.